The quantitative estimate of drug-likeness (QED) is 0.360. The molecule has 0 radical (unpaired) electrons. The molecule has 21 heavy (non-hydrogen) atoms. The molecule has 0 spiro atoms. The lowest BCUT2D eigenvalue weighted by atomic mass is 10.1. The minimum atomic E-state index is -0.169. The Morgan fingerprint density at radius 3 is 1.90 bits per heavy atom. The van der Waals surface area contributed by atoms with Crippen molar-refractivity contribution in [2.24, 2.45) is 0 Å². The van der Waals surface area contributed by atoms with Crippen molar-refractivity contribution in [1.82, 2.24) is 0 Å². The maximum Gasteiger partial charge on any atom is 0.0783 e. The molecule has 0 saturated heterocycles. The van der Waals surface area contributed by atoms with Crippen LogP contribution in [-0.2, 0) is 9.47 Å². The number of ether oxygens (including phenoxy) is 2. The predicted octanol–water partition coefficient (Wildman–Crippen LogP) is 2.62. The van der Waals surface area contributed by atoms with Crippen LogP contribution in [0.15, 0.2) is 38.0 Å². The Morgan fingerprint density at radius 2 is 1.38 bits per heavy atom. The fourth-order valence-electron chi connectivity index (χ4n) is 1.90. The molecule has 3 unspecified atom stereocenters. The van der Waals surface area contributed by atoms with E-state index in [1.807, 2.05) is 0 Å². The minimum absolute atomic E-state index is 0.00894. The van der Waals surface area contributed by atoms with Crippen LogP contribution in [0.2, 0.25) is 0 Å². The van der Waals surface area contributed by atoms with Crippen molar-refractivity contribution in [2.45, 2.75) is 50.4 Å². The first-order valence-corrected chi connectivity index (χ1v) is 7.58. The second kappa shape index (κ2) is 14.0. The van der Waals surface area contributed by atoms with Crippen molar-refractivity contribution >= 4 is 0 Å². The average molecular weight is 298 g/mol. The van der Waals surface area contributed by atoms with E-state index in [1.165, 1.54) is 0 Å². The SMILES string of the molecule is C=CC(CCCCO)OCCC(C=C)OC(C=C)CCO. The van der Waals surface area contributed by atoms with Crippen LogP contribution in [0.1, 0.15) is 32.1 Å². The Bertz CT molecular complexity index is 278. The number of aliphatic hydroxyl groups excluding tert-OH is 2. The van der Waals surface area contributed by atoms with Crippen LogP contribution in [0, 0.1) is 0 Å². The third kappa shape index (κ3) is 10.4. The topological polar surface area (TPSA) is 58.9 Å². The molecule has 0 aromatic carbocycles. The highest BCUT2D eigenvalue weighted by Gasteiger charge is 2.12. The molecule has 0 rings (SSSR count). The van der Waals surface area contributed by atoms with Gasteiger partial charge in [-0.15, -0.1) is 19.7 Å². The van der Waals surface area contributed by atoms with Crippen molar-refractivity contribution in [2.75, 3.05) is 19.8 Å². The number of hydrogen-bond acceptors (Lipinski definition) is 4. The third-order valence-electron chi connectivity index (χ3n) is 3.18. The first kappa shape index (κ1) is 20.1. The van der Waals surface area contributed by atoms with Gasteiger partial charge in [-0.25, -0.2) is 0 Å². The van der Waals surface area contributed by atoms with Gasteiger partial charge in [-0.3, -0.25) is 0 Å². The van der Waals surface area contributed by atoms with E-state index < -0.39 is 0 Å². The van der Waals surface area contributed by atoms with Gasteiger partial charge in [0.2, 0.25) is 0 Å². The maximum absolute atomic E-state index is 8.93. The summed E-state index contributed by atoms with van der Waals surface area (Å²) < 4.78 is 11.5. The molecule has 0 aliphatic rings. The normalized spacial score (nSPS) is 15.1. The lowest BCUT2D eigenvalue weighted by Gasteiger charge is -2.21. The van der Waals surface area contributed by atoms with Crippen LogP contribution in [0.4, 0.5) is 0 Å². The van der Waals surface area contributed by atoms with Crippen LogP contribution < -0.4 is 0 Å². The highest BCUT2D eigenvalue weighted by molar-refractivity contribution is 4.87. The summed E-state index contributed by atoms with van der Waals surface area (Å²) in [4.78, 5) is 0. The van der Waals surface area contributed by atoms with Gasteiger partial charge in [0, 0.05) is 26.1 Å². The van der Waals surface area contributed by atoms with E-state index in [4.69, 9.17) is 19.7 Å². The van der Waals surface area contributed by atoms with Crippen molar-refractivity contribution in [3.63, 3.8) is 0 Å². The lowest BCUT2D eigenvalue weighted by molar-refractivity contribution is -0.00225. The molecule has 4 heteroatoms. The first-order chi connectivity index (χ1) is 10.2. The van der Waals surface area contributed by atoms with Crippen LogP contribution in [0.5, 0.6) is 0 Å². The summed E-state index contributed by atoms with van der Waals surface area (Å²) in [6, 6.07) is 0. The monoisotopic (exact) mass is 298 g/mol. The summed E-state index contributed by atoms with van der Waals surface area (Å²) >= 11 is 0. The van der Waals surface area contributed by atoms with Crippen LogP contribution in [-0.4, -0.2) is 48.3 Å². The number of unbranched alkanes of at least 4 members (excludes halogenated alkanes) is 1. The van der Waals surface area contributed by atoms with E-state index in [-0.39, 0.29) is 31.5 Å². The van der Waals surface area contributed by atoms with Crippen LogP contribution in [0.25, 0.3) is 0 Å². The molecular formula is C17H30O4. The fraction of sp³-hybridized carbons (Fsp3) is 0.647. The number of aliphatic hydroxyl groups is 2. The van der Waals surface area contributed by atoms with Crippen LogP contribution >= 0.6 is 0 Å². The molecule has 2 N–H and O–H groups in total. The van der Waals surface area contributed by atoms with E-state index in [0.29, 0.717) is 19.4 Å². The minimum Gasteiger partial charge on any atom is -0.396 e. The van der Waals surface area contributed by atoms with Crippen molar-refractivity contribution in [3.05, 3.63) is 38.0 Å². The van der Waals surface area contributed by atoms with E-state index in [1.54, 1.807) is 18.2 Å². The Hall–Kier alpha value is -0.940. The molecule has 0 saturated carbocycles. The van der Waals surface area contributed by atoms with Crippen molar-refractivity contribution in [3.8, 4) is 0 Å². The molecule has 4 nitrogen and oxygen atoms in total. The molecule has 0 amide bonds. The molecule has 0 aliphatic heterocycles. The summed E-state index contributed by atoms with van der Waals surface area (Å²) in [5, 5.41) is 17.7. The molecule has 0 fully saturated rings. The zero-order chi connectivity index (χ0) is 15.9. The highest BCUT2D eigenvalue weighted by Crippen LogP contribution is 2.11. The number of rotatable bonds is 15. The van der Waals surface area contributed by atoms with Gasteiger partial charge in [0.05, 0.1) is 24.9 Å². The van der Waals surface area contributed by atoms with Gasteiger partial charge in [-0.1, -0.05) is 18.2 Å². The molecule has 0 heterocycles. The van der Waals surface area contributed by atoms with Gasteiger partial charge in [0.1, 0.15) is 0 Å². The lowest BCUT2D eigenvalue weighted by Crippen LogP contribution is -2.22. The van der Waals surface area contributed by atoms with Gasteiger partial charge in [0.25, 0.3) is 0 Å². The zero-order valence-electron chi connectivity index (χ0n) is 13.0. The average Bonchev–Trinajstić information content (AvgIpc) is 2.51. The summed E-state index contributed by atoms with van der Waals surface area (Å²) in [5.74, 6) is 0. The van der Waals surface area contributed by atoms with Gasteiger partial charge in [-0.2, -0.15) is 0 Å². The smallest absolute Gasteiger partial charge is 0.0783 e. The zero-order valence-corrected chi connectivity index (χ0v) is 13.0. The van der Waals surface area contributed by atoms with Gasteiger partial charge >= 0.3 is 0 Å². The molecule has 0 bridgehead atoms. The van der Waals surface area contributed by atoms with Gasteiger partial charge in [0.15, 0.2) is 0 Å². The molecule has 0 aliphatic carbocycles. The van der Waals surface area contributed by atoms with E-state index in [2.05, 4.69) is 19.7 Å². The second-order valence-electron chi connectivity index (χ2n) is 4.85. The first-order valence-electron chi connectivity index (χ1n) is 7.58. The van der Waals surface area contributed by atoms with Gasteiger partial charge in [-0.05, 0) is 19.3 Å². The Morgan fingerprint density at radius 1 is 0.762 bits per heavy atom. The third-order valence-corrected chi connectivity index (χ3v) is 3.18. The molecule has 0 aromatic rings. The molecule has 3 atom stereocenters. The summed E-state index contributed by atoms with van der Waals surface area (Å²) in [6.45, 7) is 12.1. The summed E-state index contributed by atoms with van der Waals surface area (Å²) in [5.41, 5.74) is 0. The predicted molar refractivity (Wildman–Crippen MR) is 86.2 cm³/mol. The molecular weight excluding hydrogens is 268 g/mol. The van der Waals surface area contributed by atoms with E-state index >= 15 is 0 Å². The standard InChI is InChI=1S/C17H30O4/c1-4-15(9-7-8-12-18)20-14-11-17(6-3)21-16(5-2)10-13-19/h4-6,15-19H,1-3,7-14H2. The highest BCUT2D eigenvalue weighted by atomic mass is 16.5. The summed E-state index contributed by atoms with van der Waals surface area (Å²) in [6.07, 6.45) is 8.74. The largest absolute Gasteiger partial charge is 0.396 e. The van der Waals surface area contributed by atoms with E-state index in [0.717, 1.165) is 19.3 Å². The van der Waals surface area contributed by atoms with Gasteiger partial charge < -0.3 is 19.7 Å². The van der Waals surface area contributed by atoms with Crippen molar-refractivity contribution < 1.29 is 19.7 Å². The Labute approximate surface area is 128 Å². The Kier molecular flexibility index (Phi) is 13.4. The van der Waals surface area contributed by atoms with Crippen molar-refractivity contribution in [1.29, 1.82) is 0 Å². The van der Waals surface area contributed by atoms with E-state index in [9.17, 15) is 0 Å². The second-order valence-corrected chi connectivity index (χ2v) is 4.85. The molecule has 122 valence electrons. The summed E-state index contributed by atoms with van der Waals surface area (Å²) in [7, 11) is 0. The number of hydrogen-bond donors (Lipinski definition) is 2. The fourth-order valence-corrected chi connectivity index (χ4v) is 1.90. The molecule has 0 aromatic heterocycles. The maximum atomic E-state index is 8.93. The Balaban J connectivity index is 4.00. The van der Waals surface area contributed by atoms with Crippen LogP contribution in [0.3, 0.4) is 0 Å².